The molecule has 0 aliphatic carbocycles. The number of hydrogen-bond acceptors (Lipinski definition) is 4. The van der Waals surface area contributed by atoms with Gasteiger partial charge >= 0.3 is 0 Å². The summed E-state index contributed by atoms with van der Waals surface area (Å²) in [5, 5.41) is 13.3. The van der Waals surface area contributed by atoms with E-state index in [1.165, 1.54) is 18.2 Å². The Hall–Kier alpha value is -1.73. The standard InChI is InChI=1S/C13H15BrN2O4/c1-9(2)8-20-4-3-15-13(17)10-5-11(14)7-12(6-10)16(18)19/h5-7H,1,3-4,8H2,2H3,(H,15,17). The number of nitro benzene ring substituents is 1. The van der Waals surface area contributed by atoms with Crippen molar-refractivity contribution in [1.82, 2.24) is 5.32 Å². The van der Waals surface area contributed by atoms with Crippen LogP contribution in [0.1, 0.15) is 17.3 Å². The summed E-state index contributed by atoms with van der Waals surface area (Å²) in [5.74, 6) is -0.381. The minimum absolute atomic E-state index is 0.136. The van der Waals surface area contributed by atoms with Gasteiger partial charge in [0, 0.05) is 28.7 Å². The van der Waals surface area contributed by atoms with Crippen LogP contribution < -0.4 is 5.32 Å². The molecule has 0 aliphatic heterocycles. The minimum atomic E-state index is -0.544. The van der Waals surface area contributed by atoms with Crippen LogP contribution in [0.4, 0.5) is 5.69 Å². The molecule has 6 nitrogen and oxygen atoms in total. The Morgan fingerprint density at radius 1 is 1.50 bits per heavy atom. The van der Waals surface area contributed by atoms with Gasteiger partial charge in [-0.2, -0.15) is 0 Å². The first-order valence-electron chi connectivity index (χ1n) is 5.85. The average molecular weight is 343 g/mol. The van der Waals surface area contributed by atoms with Crippen molar-refractivity contribution in [3.8, 4) is 0 Å². The lowest BCUT2D eigenvalue weighted by Gasteiger charge is -2.07. The monoisotopic (exact) mass is 342 g/mol. The number of amides is 1. The van der Waals surface area contributed by atoms with Gasteiger partial charge in [-0.1, -0.05) is 28.1 Å². The molecule has 20 heavy (non-hydrogen) atoms. The molecule has 1 N–H and O–H groups in total. The maximum absolute atomic E-state index is 11.8. The number of non-ortho nitro benzene ring substituents is 1. The van der Waals surface area contributed by atoms with Crippen molar-refractivity contribution in [1.29, 1.82) is 0 Å². The number of nitrogens with zero attached hydrogens (tertiary/aromatic N) is 1. The second kappa shape index (κ2) is 7.76. The number of hydrogen-bond donors (Lipinski definition) is 1. The van der Waals surface area contributed by atoms with Gasteiger partial charge in [-0.3, -0.25) is 14.9 Å². The quantitative estimate of drug-likeness (QED) is 0.357. The Morgan fingerprint density at radius 3 is 2.80 bits per heavy atom. The van der Waals surface area contributed by atoms with E-state index in [2.05, 4.69) is 27.8 Å². The van der Waals surface area contributed by atoms with E-state index >= 15 is 0 Å². The van der Waals surface area contributed by atoms with Crippen LogP contribution in [0.15, 0.2) is 34.8 Å². The molecule has 0 unspecified atom stereocenters. The zero-order valence-corrected chi connectivity index (χ0v) is 12.6. The topological polar surface area (TPSA) is 81.5 Å². The van der Waals surface area contributed by atoms with E-state index in [-0.39, 0.29) is 17.2 Å². The predicted octanol–water partition coefficient (Wildman–Crippen LogP) is 2.68. The van der Waals surface area contributed by atoms with Crippen LogP contribution in [0.5, 0.6) is 0 Å². The van der Waals surface area contributed by atoms with Crippen LogP contribution in [0.2, 0.25) is 0 Å². The molecule has 1 rings (SSSR count). The molecular formula is C13H15BrN2O4. The number of nitrogens with one attached hydrogen (secondary N) is 1. The van der Waals surface area contributed by atoms with E-state index in [0.29, 0.717) is 24.2 Å². The molecule has 1 aromatic carbocycles. The molecule has 1 amide bonds. The fraction of sp³-hybridized carbons (Fsp3) is 0.308. The minimum Gasteiger partial charge on any atom is -0.375 e. The largest absolute Gasteiger partial charge is 0.375 e. The van der Waals surface area contributed by atoms with Crippen molar-refractivity contribution in [3.05, 3.63) is 50.5 Å². The van der Waals surface area contributed by atoms with Crippen molar-refractivity contribution < 1.29 is 14.5 Å². The highest BCUT2D eigenvalue weighted by atomic mass is 79.9. The van der Waals surface area contributed by atoms with Gasteiger partial charge in [-0.05, 0) is 13.0 Å². The van der Waals surface area contributed by atoms with Gasteiger partial charge in [0.15, 0.2) is 0 Å². The third kappa shape index (κ3) is 5.50. The average Bonchev–Trinajstić information content (AvgIpc) is 2.36. The maximum atomic E-state index is 11.8. The SMILES string of the molecule is C=C(C)COCCNC(=O)c1cc(Br)cc([N+](=O)[O-])c1. The van der Waals surface area contributed by atoms with Crippen LogP contribution in [0.25, 0.3) is 0 Å². The number of ether oxygens (including phenoxy) is 1. The number of halogens is 1. The van der Waals surface area contributed by atoms with Crippen LogP contribution in [-0.4, -0.2) is 30.6 Å². The third-order valence-corrected chi connectivity index (χ3v) is 2.69. The number of rotatable bonds is 7. The van der Waals surface area contributed by atoms with Gasteiger partial charge in [0.05, 0.1) is 18.1 Å². The summed E-state index contributed by atoms with van der Waals surface area (Å²) in [6.45, 7) is 6.66. The molecule has 0 radical (unpaired) electrons. The van der Waals surface area contributed by atoms with E-state index in [4.69, 9.17) is 4.74 Å². The molecule has 0 bridgehead atoms. The highest BCUT2D eigenvalue weighted by Crippen LogP contribution is 2.21. The molecule has 0 spiro atoms. The summed E-state index contributed by atoms with van der Waals surface area (Å²) in [5.41, 5.74) is 0.993. The Labute approximate surface area is 125 Å². The molecule has 0 saturated heterocycles. The van der Waals surface area contributed by atoms with Crippen LogP contribution >= 0.6 is 15.9 Å². The van der Waals surface area contributed by atoms with E-state index < -0.39 is 4.92 Å². The molecular weight excluding hydrogens is 328 g/mol. The molecule has 108 valence electrons. The van der Waals surface area contributed by atoms with Crippen molar-refractivity contribution in [3.63, 3.8) is 0 Å². The smallest absolute Gasteiger partial charge is 0.271 e. The maximum Gasteiger partial charge on any atom is 0.271 e. The van der Waals surface area contributed by atoms with Crippen molar-refractivity contribution in [2.75, 3.05) is 19.8 Å². The normalized spacial score (nSPS) is 10.1. The summed E-state index contributed by atoms with van der Waals surface area (Å²) < 4.78 is 5.72. The fourth-order valence-corrected chi connectivity index (χ4v) is 1.88. The van der Waals surface area contributed by atoms with E-state index in [9.17, 15) is 14.9 Å². The number of carbonyl (C=O) groups is 1. The first-order valence-corrected chi connectivity index (χ1v) is 6.64. The lowest BCUT2D eigenvalue weighted by molar-refractivity contribution is -0.385. The lowest BCUT2D eigenvalue weighted by Crippen LogP contribution is -2.27. The Morgan fingerprint density at radius 2 is 2.20 bits per heavy atom. The number of benzene rings is 1. The lowest BCUT2D eigenvalue weighted by atomic mass is 10.2. The first kappa shape index (κ1) is 16.3. The van der Waals surface area contributed by atoms with Gasteiger partial charge < -0.3 is 10.1 Å². The van der Waals surface area contributed by atoms with Crippen molar-refractivity contribution in [2.24, 2.45) is 0 Å². The summed E-state index contributed by atoms with van der Waals surface area (Å²) in [6.07, 6.45) is 0. The Balaban J connectivity index is 2.55. The van der Waals surface area contributed by atoms with Gasteiger partial charge in [-0.25, -0.2) is 0 Å². The summed E-state index contributed by atoms with van der Waals surface area (Å²) in [6, 6.07) is 4.10. The van der Waals surface area contributed by atoms with Gasteiger partial charge in [0.25, 0.3) is 11.6 Å². The van der Waals surface area contributed by atoms with Crippen molar-refractivity contribution in [2.45, 2.75) is 6.92 Å². The van der Waals surface area contributed by atoms with E-state index in [0.717, 1.165) is 5.57 Å². The molecule has 0 fully saturated rings. The van der Waals surface area contributed by atoms with E-state index in [1.807, 2.05) is 6.92 Å². The summed E-state index contributed by atoms with van der Waals surface area (Å²) >= 11 is 3.14. The zero-order chi connectivity index (χ0) is 15.1. The molecule has 0 aromatic heterocycles. The molecule has 0 heterocycles. The summed E-state index contributed by atoms with van der Waals surface area (Å²) in [4.78, 5) is 22.0. The Kier molecular flexibility index (Phi) is 6.33. The zero-order valence-electron chi connectivity index (χ0n) is 11.0. The molecule has 0 atom stereocenters. The second-order valence-corrected chi connectivity index (χ2v) is 5.14. The van der Waals surface area contributed by atoms with Gasteiger partial charge in [0.2, 0.25) is 0 Å². The first-order chi connectivity index (χ1) is 9.40. The van der Waals surface area contributed by atoms with Gasteiger partial charge in [0.1, 0.15) is 0 Å². The molecule has 0 saturated carbocycles. The Bertz CT molecular complexity index is 531. The van der Waals surface area contributed by atoms with Crippen LogP contribution in [0, 0.1) is 10.1 Å². The van der Waals surface area contributed by atoms with Gasteiger partial charge in [-0.15, -0.1) is 0 Å². The fourth-order valence-electron chi connectivity index (χ4n) is 1.40. The number of carbonyl (C=O) groups excluding carboxylic acids is 1. The third-order valence-electron chi connectivity index (χ3n) is 2.24. The van der Waals surface area contributed by atoms with Crippen LogP contribution in [-0.2, 0) is 4.74 Å². The van der Waals surface area contributed by atoms with Crippen LogP contribution in [0.3, 0.4) is 0 Å². The van der Waals surface area contributed by atoms with Crippen molar-refractivity contribution >= 4 is 27.5 Å². The summed E-state index contributed by atoms with van der Waals surface area (Å²) in [7, 11) is 0. The highest BCUT2D eigenvalue weighted by Gasteiger charge is 2.13. The highest BCUT2D eigenvalue weighted by molar-refractivity contribution is 9.10. The molecule has 0 aliphatic rings. The molecule has 7 heteroatoms. The second-order valence-electron chi connectivity index (χ2n) is 4.22. The number of nitro groups is 1. The predicted molar refractivity (Wildman–Crippen MR) is 78.8 cm³/mol. The van der Waals surface area contributed by atoms with E-state index in [1.54, 1.807) is 0 Å². The molecule has 1 aromatic rings.